The van der Waals surface area contributed by atoms with E-state index in [0.717, 1.165) is 5.69 Å². The first-order chi connectivity index (χ1) is 9.08. The molecule has 0 fully saturated rings. The predicted molar refractivity (Wildman–Crippen MR) is 78.7 cm³/mol. The molecular weight excluding hydrogens is 306 g/mol. The van der Waals surface area contributed by atoms with Crippen LogP contribution in [0.15, 0.2) is 47.1 Å². The number of carbonyl (C=O) groups is 1. The summed E-state index contributed by atoms with van der Waals surface area (Å²) in [7, 11) is 0. The third-order valence-electron chi connectivity index (χ3n) is 2.71. The van der Waals surface area contributed by atoms with Gasteiger partial charge in [-0.05, 0) is 53.2 Å². The maximum Gasteiger partial charge on any atom is 0.253 e. The van der Waals surface area contributed by atoms with E-state index in [1.54, 1.807) is 24.4 Å². The second-order valence-electron chi connectivity index (χ2n) is 4.19. The zero-order valence-corrected chi connectivity index (χ0v) is 12.0. The van der Waals surface area contributed by atoms with Gasteiger partial charge in [0.25, 0.3) is 5.91 Å². The molecule has 2 rings (SSSR count). The van der Waals surface area contributed by atoms with Gasteiger partial charge in [0.15, 0.2) is 0 Å². The van der Waals surface area contributed by atoms with Crippen molar-refractivity contribution in [1.82, 2.24) is 10.3 Å². The van der Waals surface area contributed by atoms with Crippen molar-refractivity contribution < 1.29 is 4.79 Å². The Morgan fingerprint density at radius 3 is 2.84 bits per heavy atom. The van der Waals surface area contributed by atoms with Crippen molar-refractivity contribution in [3.8, 4) is 0 Å². The summed E-state index contributed by atoms with van der Waals surface area (Å²) in [6.45, 7) is 1.89. The van der Waals surface area contributed by atoms with E-state index in [1.165, 1.54) is 0 Å². The number of amides is 1. The number of pyridine rings is 1. The number of hydrogen-bond donors (Lipinski definition) is 2. The second kappa shape index (κ2) is 5.84. The molecule has 5 heteroatoms. The molecule has 98 valence electrons. The second-order valence-corrected chi connectivity index (χ2v) is 5.04. The number of halogens is 1. The van der Waals surface area contributed by atoms with Gasteiger partial charge in [-0.15, -0.1) is 0 Å². The van der Waals surface area contributed by atoms with E-state index in [-0.39, 0.29) is 11.9 Å². The minimum absolute atomic E-state index is 0.165. The van der Waals surface area contributed by atoms with Crippen LogP contribution in [0.3, 0.4) is 0 Å². The Kier molecular flexibility index (Phi) is 4.16. The third kappa shape index (κ3) is 3.32. The van der Waals surface area contributed by atoms with E-state index in [4.69, 9.17) is 5.73 Å². The third-order valence-corrected chi connectivity index (χ3v) is 3.41. The van der Waals surface area contributed by atoms with Crippen LogP contribution in [0.2, 0.25) is 0 Å². The molecule has 19 heavy (non-hydrogen) atoms. The van der Waals surface area contributed by atoms with Gasteiger partial charge < -0.3 is 11.1 Å². The average Bonchev–Trinajstić information content (AvgIpc) is 2.42. The minimum Gasteiger partial charge on any atom is -0.399 e. The highest BCUT2D eigenvalue weighted by molar-refractivity contribution is 9.10. The number of anilines is 1. The van der Waals surface area contributed by atoms with E-state index >= 15 is 0 Å². The van der Waals surface area contributed by atoms with Crippen molar-refractivity contribution in [2.24, 2.45) is 0 Å². The van der Waals surface area contributed by atoms with Crippen LogP contribution in [-0.2, 0) is 0 Å². The number of rotatable bonds is 3. The molecule has 0 unspecified atom stereocenters. The highest BCUT2D eigenvalue weighted by Gasteiger charge is 2.14. The summed E-state index contributed by atoms with van der Waals surface area (Å²) in [4.78, 5) is 16.4. The van der Waals surface area contributed by atoms with Gasteiger partial charge in [-0.1, -0.05) is 6.07 Å². The molecule has 1 heterocycles. The number of nitrogens with two attached hydrogens (primary N) is 1. The Bertz CT molecular complexity index is 586. The molecule has 1 amide bonds. The van der Waals surface area contributed by atoms with Crippen molar-refractivity contribution in [2.45, 2.75) is 13.0 Å². The maximum absolute atomic E-state index is 12.2. The molecular formula is C14H14BrN3O. The number of hydrogen-bond acceptors (Lipinski definition) is 3. The number of nitrogens with zero attached hydrogens (tertiary/aromatic N) is 1. The summed E-state index contributed by atoms with van der Waals surface area (Å²) < 4.78 is 0.715. The molecule has 2 aromatic rings. The molecule has 0 saturated heterocycles. The van der Waals surface area contributed by atoms with Crippen LogP contribution in [0.1, 0.15) is 29.0 Å². The molecule has 0 bridgehead atoms. The van der Waals surface area contributed by atoms with Crippen LogP contribution in [0.5, 0.6) is 0 Å². The van der Waals surface area contributed by atoms with Crippen LogP contribution in [0.4, 0.5) is 5.69 Å². The number of aromatic nitrogens is 1. The summed E-state index contributed by atoms with van der Waals surface area (Å²) in [5.41, 5.74) is 7.58. The molecule has 0 aliphatic rings. The highest BCUT2D eigenvalue weighted by Crippen LogP contribution is 2.20. The fourth-order valence-electron chi connectivity index (χ4n) is 1.70. The molecule has 0 radical (unpaired) electrons. The number of benzene rings is 1. The van der Waals surface area contributed by atoms with Gasteiger partial charge in [-0.25, -0.2) is 0 Å². The lowest BCUT2D eigenvalue weighted by atomic mass is 10.1. The Morgan fingerprint density at radius 1 is 1.37 bits per heavy atom. The molecule has 4 nitrogen and oxygen atoms in total. The van der Waals surface area contributed by atoms with Crippen LogP contribution in [-0.4, -0.2) is 10.9 Å². The van der Waals surface area contributed by atoms with Crippen LogP contribution in [0.25, 0.3) is 0 Å². The largest absolute Gasteiger partial charge is 0.399 e. The highest BCUT2D eigenvalue weighted by atomic mass is 79.9. The molecule has 0 aliphatic heterocycles. The molecule has 0 spiro atoms. The summed E-state index contributed by atoms with van der Waals surface area (Å²) in [6.07, 6.45) is 1.70. The molecule has 0 aliphatic carbocycles. The van der Waals surface area contributed by atoms with Crippen molar-refractivity contribution in [3.05, 3.63) is 58.3 Å². The summed E-state index contributed by atoms with van der Waals surface area (Å²) in [5, 5.41) is 2.89. The predicted octanol–water partition coefficient (Wildman–Crippen LogP) is 2.92. The van der Waals surface area contributed by atoms with Gasteiger partial charge in [-0.3, -0.25) is 9.78 Å². The Hall–Kier alpha value is -1.88. The van der Waals surface area contributed by atoms with Gasteiger partial charge >= 0.3 is 0 Å². The quantitative estimate of drug-likeness (QED) is 0.855. The van der Waals surface area contributed by atoms with Gasteiger partial charge in [0.05, 0.1) is 17.3 Å². The molecule has 1 aromatic carbocycles. The van der Waals surface area contributed by atoms with Crippen LogP contribution in [0, 0.1) is 0 Å². The van der Waals surface area contributed by atoms with Crippen molar-refractivity contribution >= 4 is 27.5 Å². The summed E-state index contributed by atoms with van der Waals surface area (Å²) >= 11 is 3.35. The van der Waals surface area contributed by atoms with E-state index in [2.05, 4.69) is 26.2 Å². The zero-order valence-electron chi connectivity index (χ0n) is 10.4. The van der Waals surface area contributed by atoms with Gasteiger partial charge in [-0.2, -0.15) is 0 Å². The fourth-order valence-corrected chi connectivity index (χ4v) is 2.12. The molecule has 1 aromatic heterocycles. The van der Waals surface area contributed by atoms with Crippen LogP contribution < -0.4 is 11.1 Å². The number of carbonyl (C=O) groups excluding carboxylic acids is 1. The van der Waals surface area contributed by atoms with Gasteiger partial charge in [0.1, 0.15) is 0 Å². The SMILES string of the molecule is C[C@H](NC(=O)c1cc(N)ccc1Br)c1ccccn1. The standard InChI is InChI=1S/C14H14BrN3O/c1-9(13-4-2-3-7-17-13)18-14(19)11-8-10(16)5-6-12(11)15/h2-9H,16H2,1H3,(H,18,19)/t9-/m0/s1. The van der Waals surface area contributed by atoms with Crippen molar-refractivity contribution in [2.75, 3.05) is 5.73 Å². The lowest BCUT2D eigenvalue weighted by Crippen LogP contribution is -2.27. The Morgan fingerprint density at radius 2 is 2.16 bits per heavy atom. The normalized spacial score (nSPS) is 11.9. The molecule has 0 saturated carbocycles. The first-order valence-corrected chi connectivity index (χ1v) is 6.64. The van der Waals surface area contributed by atoms with Gasteiger partial charge in [0.2, 0.25) is 0 Å². The van der Waals surface area contributed by atoms with E-state index in [9.17, 15) is 4.79 Å². The lowest BCUT2D eigenvalue weighted by Gasteiger charge is -2.14. The van der Waals surface area contributed by atoms with E-state index in [0.29, 0.717) is 15.7 Å². The Labute approximate surface area is 120 Å². The molecule has 1 atom stereocenters. The smallest absolute Gasteiger partial charge is 0.253 e. The number of nitrogen functional groups attached to an aromatic ring is 1. The van der Waals surface area contributed by atoms with Gasteiger partial charge in [0, 0.05) is 16.4 Å². The van der Waals surface area contributed by atoms with Crippen molar-refractivity contribution in [1.29, 1.82) is 0 Å². The monoisotopic (exact) mass is 319 g/mol. The topological polar surface area (TPSA) is 68.0 Å². The molecule has 3 N–H and O–H groups in total. The lowest BCUT2D eigenvalue weighted by molar-refractivity contribution is 0.0938. The minimum atomic E-state index is -0.183. The van der Waals surface area contributed by atoms with E-state index < -0.39 is 0 Å². The summed E-state index contributed by atoms with van der Waals surface area (Å²) in [5.74, 6) is -0.183. The Balaban J connectivity index is 2.15. The number of nitrogens with one attached hydrogen (secondary N) is 1. The first-order valence-electron chi connectivity index (χ1n) is 5.84. The fraction of sp³-hybridized carbons (Fsp3) is 0.143. The maximum atomic E-state index is 12.2. The average molecular weight is 320 g/mol. The summed E-state index contributed by atoms with van der Waals surface area (Å²) in [6, 6.07) is 10.6. The van der Waals surface area contributed by atoms with Crippen LogP contribution >= 0.6 is 15.9 Å². The first kappa shape index (κ1) is 13.5. The van der Waals surface area contributed by atoms with Crippen molar-refractivity contribution in [3.63, 3.8) is 0 Å². The van der Waals surface area contributed by atoms with E-state index in [1.807, 2.05) is 25.1 Å². The zero-order chi connectivity index (χ0) is 13.8.